The van der Waals surface area contributed by atoms with Crippen molar-refractivity contribution in [3.8, 4) is 0 Å². The molecular formula is C14H17F3N2OS. The number of halogens is 3. The van der Waals surface area contributed by atoms with Crippen LogP contribution < -0.4 is 5.32 Å². The van der Waals surface area contributed by atoms with E-state index in [1.54, 1.807) is 11.0 Å². The topological polar surface area (TPSA) is 32.3 Å². The lowest BCUT2D eigenvalue weighted by Crippen LogP contribution is -2.51. The minimum atomic E-state index is -4.35. The molecule has 1 aliphatic rings. The van der Waals surface area contributed by atoms with Gasteiger partial charge in [-0.15, -0.1) is 11.8 Å². The van der Waals surface area contributed by atoms with Gasteiger partial charge in [0.15, 0.2) is 0 Å². The summed E-state index contributed by atoms with van der Waals surface area (Å²) in [4.78, 5) is 14.3. The minimum absolute atomic E-state index is 0.0363. The molecule has 3 nitrogen and oxygen atoms in total. The Morgan fingerprint density at radius 1 is 1.48 bits per heavy atom. The molecule has 0 spiro atoms. The summed E-state index contributed by atoms with van der Waals surface area (Å²) in [5.41, 5.74) is -0.684. The molecule has 0 aromatic heterocycles. The van der Waals surface area contributed by atoms with E-state index in [0.717, 1.165) is 30.4 Å². The number of nitrogens with one attached hydrogen (secondary N) is 1. The van der Waals surface area contributed by atoms with E-state index in [1.165, 1.54) is 6.07 Å². The third kappa shape index (κ3) is 4.64. The van der Waals surface area contributed by atoms with Crippen molar-refractivity contribution in [3.05, 3.63) is 29.8 Å². The number of rotatable bonds is 3. The molecule has 1 heterocycles. The predicted molar refractivity (Wildman–Crippen MR) is 76.2 cm³/mol. The van der Waals surface area contributed by atoms with Crippen LogP contribution in [0.5, 0.6) is 0 Å². The summed E-state index contributed by atoms with van der Waals surface area (Å²) in [6, 6.07) is 5.32. The number of carbonyl (C=O) groups is 1. The fourth-order valence-corrected chi connectivity index (χ4v) is 3.02. The molecule has 1 N–H and O–H groups in total. The molecule has 1 saturated heterocycles. The van der Waals surface area contributed by atoms with E-state index in [4.69, 9.17) is 0 Å². The monoisotopic (exact) mass is 318 g/mol. The second kappa shape index (κ2) is 6.70. The Morgan fingerprint density at radius 2 is 2.24 bits per heavy atom. The fraction of sp³-hybridized carbons (Fsp3) is 0.500. The summed E-state index contributed by atoms with van der Waals surface area (Å²) in [5, 5.41) is 3.24. The van der Waals surface area contributed by atoms with Crippen LogP contribution in [0, 0.1) is 0 Å². The molecule has 21 heavy (non-hydrogen) atoms. The Hall–Kier alpha value is -1.21. The van der Waals surface area contributed by atoms with Gasteiger partial charge in [-0.2, -0.15) is 13.2 Å². The van der Waals surface area contributed by atoms with Gasteiger partial charge in [0, 0.05) is 30.6 Å². The lowest BCUT2D eigenvalue weighted by Gasteiger charge is -2.31. The first-order valence-electron chi connectivity index (χ1n) is 6.67. The van der Waals surface area contributed by atoms with Gasteiger partial charge in [0.25, 0.3) is 0 Å². The van der Waals surface area contributed by atoms with Crippen molar-refractivity contribution in [3.63, 3.8) is 0 Å². The number of alkyl halides is 3. The second-order valence-corrected chi connectivity index (χ2v) is 6.06. The summed E-state index contributed by atoms with van der Waals surface area (Å²) in [7, 11) is 0. The molecule has 0 bridgehead atoms. The second-order valence-electron chi connectivity index (χ2n) is 5.01. The highest BCUT2D eigenvalue weighted by Gasteiger charge is 2.30. The largest absolute Gasteiger partial charge is 0.416 e. The average Bonchev–Trinajstić information content (AvgIpc) is 2.44. The van der Waals surface area contributed by atoms with E-state index in [1.807, 2.05) is 6.92 Å². The summed E-state index contributed by atoms with van der Waals surface area (Å²) >= 11 is 1.14. The van der Waals surface area contributed by atoms with Gasteiger partial charge >= 0.3 is 6.18 Å². The normalized spacial score (nSPS) is 19.6. The molecule has 0 saturated carbocycles. The number of nitrogens with zero attached hydrogens (tertiary/aromatic N) is 1. The van der Waals surface area contributed by atoms with Crippen LogP contribution in [-0.4, -0.2) is 42.2 Å². The average molecular weight is 318 g/mol. The lowest BCUT2D eigenvalue weighted by atomic mass is 10.2. The van der Waals surface area contributed by atoms with Gasteiger partial charge in [0.05, 0.1) is 11.3 Å². The van der Waals surface area contributed by atoms with E-state index in [0.29, 0.717) is 18.0 Å². The molecule has 1 atom stereocenters. The maximum atomic E-state index is 12.6. The molecule has 1 aromatic rings. The van der Waals surface area contributed by atoms with Gasteiger partial charge < -0.3 is 10.2 Å². The zero-order chi connectivity index (χ0) is 15.5. The zero-order valence-electron chi connectivity index (χ0n) is 11.6. The Labute approximate surface area is 125 Å². The third-order valence-electron chi connectivity index (χ3n) is 3.25. The van der Waals surface area contributed by atoms with Gasteiger partial charge in [-0.25, -0.2) is 0 Å². The van der Waals surface area contributed by atoms with E-state index in [-0.39, 0.29) is 17.7 Å². The van der Waals surface area contributed by atoms with Crippen molar-refractivity contribution in [1.29, 1.82) is 0 Å². The smallest absolute Gasteiger partial charge is 0.339 e. The number of piperazine rings is 1. The Kier molecular flexibility index (Phi) is 5.16. The van der Waals surface area contributed by atoms with Gasteiger partial charge in [0.2, 0.25) is 5.91 Å². The summed E-state index contributed by atoms with van der Waals surface area (Å²) < 4.78 is 37.8. The van der Waals surface area contributed by atoms with E-state index in [9.17, 15) is 18.0 Å². The zero-order valence-corrected chi connectivity index (χ0v) is 12.4. The van der Waals surface area contributed by atoms with Crippen LogP contribution in [0.2, 0.25) is 0 Å². The Bertz CT molecular complexity index is 507. The van der Waals surface area contributed by atoms with Crippen molar-refractivity contribution >= 4 is 17.7 Å². The lowest BCUT2D eigenvalue weighted by molar-refractivity contribution is -0.137. The number of carbonyl (C=O) groups excluding carboxylic acids is 1. The molecular weight excluding hydrogens is 301 g/mol. The first-order valence-corrected chi connectivity index (χ1v) is 7.66. The maximum Gasteiger partial charge on any atom is 0.416 e. The van der Waals surface area contributed by atoms with Crippen molar-refractivity contribution in [2.24, 2.45) is 0 Å². The first-order chi connectivity index (χ1) is 9.86. The van der Waals surface area contributed by atoms with Crippen LogP contribution in [0.4, 0.5) is 13.2 Å². The van der Waals surface area contributed by atoms with Gasteiger partial charge in [-0.1, -0.05) is 6.07 Å². The van der Waals surface area contributed by atoms with Crippen molar-refractivity contribution in [2.75, 3.05) is 25.4 Å². The van der Waals surface area contributed by atoms with E-state index >= 15 is 0 Å². The van der Waals surface area contributed by atoms with Gasteiger partial charge in [0.1, 0.15) is 0 Å². The molecule has 0 radical (unpaired) electrons. The number of hydrogen-bond donors (Lipinski definition) is 1. The third-order valence-corrected chi connectivity index (χ3v) is 4.22. The SMILES string of the molecule is CC1CN(C(=O)CSc2cccc(C(F)(F)F)c2)CCN1. The van der Waals surface area contributed by atoms with Gasteiger partial charge in [-0.3, -0.25) is 4.79 Å². The van der Waals surface area contributed by atoms with Crippen molar-refractivity contribution in [2.45, 2.75) is 24.0 Å². The molecule has 1 aromatic carbocycles. The molecule has 1 aliphatic heterocycles. The number of amides is 1. The standard InChI is InChI=1S/C14H17F3N2OS/c1-10-8-19(6-5-18-10)13(20)9-21-12-4-2-3-11(7-12)14(15,16)17/h2-4,7,10,18H,5-6,8-9H2,1H3. The van der Waals surface area contributed by atoms with Crippen LogP contribution in [-0.2, 0) is 11.0 Å². The predicted octanol–water partition coefficient (Wildman–Crippen LogP) is 2.62. The van der Waals surface area contributed by atoms with Crippen LogP contribution in [0.25, 0.3) is 0 Å². The Morgan fingerprint density at radius 3 is 2.90 bits per heavy atom. The first kappa shape index (κ1) is 16.2. The summed E-state index contributed by atoms with van der Waals surface area (Å²) in [5.74, 6) is 0.124. The number of benzene rings is 1. The maximum absolute atomic E-state index is 12.6. The molecule has 7 heteroatoms. The molecule has 1 amide bonds. The quantitative estimate of drug-likeness (QED) is 0.870. The van der Waals surface area contributed by atoms with Crippen LogP contribution in [0.3, 0.4) is 0 Å². The van der Waals surface area contributed by atoms with E-state index < -0.39 is 11.7 Å². The Balaban J connectivity index is 1.92. The van der Waals surface area contributed by atoms with Gasteiger partial charge in [-0.05, 0) is 25.1 Å². The number of hydrogen-bond acceptors (Lipinski definition) is 3. The van der Waals surface area contributed by atoms with E-state index in [2.05, 4.69) is 5.32 Å². The van der Waals surface area contributed by atoms with Crippen LogP contribution in [0.15, 0.2) is 29.2 Å². The van der Waals surface area contributed by atoms with Crippen LogP contribution in [0.1, 0.15) is 12.5 Å². The molecule has 2 rings (SSSR count). The highest BCUT2D eigenvalue weighted by atomic mass is 32.2. The molecule has 0 aliphatic carbocycles. The minimum Gasteiger partial charge on any atom is -0.339 e. The fourth-order valence-electron chi connectivity index (χ4n) is 2.16. The van der Waals surface area contributed by atoms with Crippen molar-refractivity contribution in [1.82, 2.24) is 10.2 Å². The molecule has 1 fully saturated rings. The summed E-state index contributed by atoms with van der Waals surface area (Å²) in [6.07, 6.45) is -4.35. The summed E-state index contributed by atoms with van der Waals surface area (Å²) in [6.45, 7) is 4.04. The number of thioether (sulfide) groups is 1. The highest BCUT2D eigenvalue weighted by Crippen LogP contribution is 2.31. The molecule has 116 valence electrons. The highest BCUT2D eigenvalue weighted by molar-refractivity contribution is 8.00. The van der Waals surface area contributed by atoms with Crippen molar-refractivity contribution < 1.29 is 18.0 Å². The van der Waals surface area contributed by atoms with Crippen LogP contribution >= 0.6 is 11.8 Å². The molecule has 1 unspecified atom stereocenters.